The van der Waals surface area contributed by atoms with Crippen LogP contribution in [0.4, 0.5) is 4.79 Å². The van der Waals surface area contributed by atoms with E-state index < -0.39 is 18.4 Å². The molecule has 184 valence electrons. The van der Waals surface area contributed by atoms with Gasteiger partial charge in [0.25, 0.3) is 0 Å². The summed E-state index contributed by atoms with van der Waals surface area (Å²) < 4.78 is 22.4. The smallest absolute Gasteiger partial charge is 0.407 e. The molecule has 3 N–H and O–H groups in total. The maximum atomic E-state index is 12.4. The second kappa shape index (κ2) is 11.8. The quantitative estimate of drug-likeness (QED) is 0.457. The highest BCUT2D eigenvalue weighted by atomic mass is 16.7. The summed E-state index contributed by atoms with van der Waals surface area (Å²) in [6, 6.07) is 15.1. The van der Waals surface area contributed by atoms with Crippen LogP contribution in [-0.4, -0.2) is 67.5 Å². The number of aliphatic hydroxyl groups excluding tert-OH is 1. The first-order chi connectivity index (χ1) is 16.5. The SMILES string of the molecule is C[C@@H](COC[C@H](NC(=O)OCC1c2ccccc2-c2ccccc21)C(O)O)OC1CCCCO1. The van der Waals surface area contributed by atoms with E-state index in [0.29, 0.717) is 6.61 Å². The van der Waals surface area contributed by atoms with E-state index in [-0.39, 0.29) is 38.1 Å². The molecule has 0 radical (unpaired) electrons. The van der Waals surface area contributed by atoms with Gasteiger partial charge >= 0.3 is 6.09 Å². The second-order valence-electron chi connectivity index (χ2n) is 8.77. The molecule has 2 aromatic rings. The summed E-state index contributed by atoms with van der Waals surface area (Å²) in [6.45, 7) is 2.83. The molecule has 1 aliphatic heterocycles. The molecule has 0 aromatic heterocycles. The Morgan fingerprint density at radius 2 is 1.74 bits per heavy atom. The summed E-state index contributed by atoms with van der Waals surface area (Å²) in [6.07, 6.45) is -0.0174. The fourth-order valence-corrected chi connectivity index (χ4v) is 4.47. The standard InChI is InChI=1S/C26H33NO7/c1-17(34-24-12-6-7-13-32-24)14-31-16-23(25(28)29)27-26(30)33-15-22-20-10-4-2-8-18(20)19-9-3-5-11-21(19)22/h2-5,8-11,17,22-25,28-29H,6-7,12-16H2,1H3,(H,27,30)/t17-,23-,24?/m0/s1. The molecular weight excluding hydrogens is 438 g/mol. The maximum absolute atomic E-state index is 12.4. The highest BCUT2D eigenvalue weighted by Crippen LogP contribution is 2.44. The molecule has 1 amide bonds. The van der Waals surface area contributed by atoms with E-state index in [0.717, 1.165) is 41.5 Å². The van der Waals surface area contributed by atoms with Crippen molar-refractivity contribution in [3.63, 3.8) is 0 Å². The minimum absolute atomic E-state index is 0.0769. The molecule has 2 aliphatic rings. The molecule has 8 nitrogen and oxygen atoms in total. The lowest BCUT2D eigenvalue weighted by molar-refractivity contribution is -0.195. The van der Waals surface area contributed by atoms with E-state index >= 15 is 0 Å². The summed E-state index contributed by atoms with van der Waals surface area (Å²) in [4.78, 5) is 12.4. The molecule has 2 aromatic carbocycles. The largest absolute Gasteiger partial charge is 0.449 e. The molecule has 8 heteroatoms. The first kappa shape index (κ1) is 24.6. The van der Waals surface area contributed by atoms with Gasteiger partial charge in [0.05, 0.1) is 19.3 Å². The average molecular weight is 472 g/mol. The third-order valence-corrected chi connectivity index (χ3v) is 6.18. The van der Waals surface area contributed by atoms with Gasteiger partial charge in [-0.25, -0.2) is 4.79 Å². The molecule has 0 bridgehead atoms. The van der Waals surface area contributed by atoms with Gasteiger partial charge in [-0.3, -0.25) is 0 Å². The van der Waals surface area contributed by atoms with E-state index in [4.69, 9.17) is 18.9 Å². The highest BCUT2D eigenvalue weighted by molar-refractivity contribution is 5.79. The van der Waals surface area contributed by atoms with Gasteiger partial charge in [0.2, 0.25) is 0 Å². The summed E-state index contributed by atoms with van der Waals surface area (Å²) >= 11 is 0. The third-order valence-electron chi connectivity index (χ3n) is 6.18. The van der Waals surface area contributed by atoms with Crippen molar-refractivity contribution in [1.82, 2.24) is 5.32 Å². The van der Waals surface area contributed by atoms with E-state index in [1.165, 1.54) is 0 Å². The molecule has 0 saturated carbocycles. The monoisotopic (exact) mass is 471 g/mol. The summed E-state index contributed by atoms with van der Waals surface area (Å²) in [5, 5.41) is 21.9. The summed E-state index contributed by atoms with van der Waals surface area (Å²) in [5.74, 6) is -0.0769. The van der Waals surface area contributed by atoms with E-state index in [1.54, 1.807) is 0 Å². The number of hydrogen-bond donors (Lipinski definition) is 3. The summed E-state index contributed by atoms with van der Waals surface area (Å²) in [7, 11) is 0. The zero-order valence-corrected chi connectivity index (χ0v) is 19.4. The van der Waals surface area contributed by atoms with Crippen LogP contribution >= 0.6 is 0 Å². The normalized spacial score (nSPS) is 19.4. The Balaban J connectivity index is 1.25. The Kier molecular flexibility index (Phi) is 8.53. The molecular formula is C26H33NO7. The zero-order chi connectivity index (χ0) is 23.9. The van der Waals surface area contributed by atoms with Gasteiger partial charge in [0, 0.05) is 12.5 Å². The molecule has 34 heavy (non-hydrogen) atoms. The van der Waals surface area contributed by atoms with Crippen molar-refractivity contribution in [2.45, 2.75) is 56.8 Å². The molecule has 3 atom stereocenters. The number of rotatable bonds is 10. The van der Waals surface area contributed by atoms with Crippen LogP contribution in [0.3, 0.4) is 0 Å². The lowest BCUT2D eigenvalue weighted by Crippen LogP contribution is -2.47. The van der Waals surface area contributed by atoms with Crippen molar-refractivity contribution >= 4 is 6.09 Å². The van der Waals surface area contributed by atoms with Crippen LogP contribution in [0.5, 0.6) is 0 Å². The van der Waals surface area contributed by atoms with Crippen molar-refractivity contribution in [1.29, 1.82) is 0 Å². The summed E-state index contributed by atoms with van der Waals surface area (Å²) in [5.41, 5.74) is 4.49. The highest BCUT2D eigenvalue weighted by Gasteiger charge is 2.29. The van der Waals surface area contributed by atoms with E-state index in [2.05, 4.69) is 17.4 Å². The first-order valence-electron chi connectivity index (χ1n) is 11.9. The topological polar surface area (TPSA) is 106 Å². The maximum Gasteiger partial charge on any atom is 0.407 e. The number of carbonyl (C=O) groups is 1. The van der Waals surface area contributed by atoms with Crippen LogP contribution in [-0.2, 0) is 18.9 Å². The van der Waals surface area contributed by atoms with Crippen molar-refractivity contribution in [2.24, 2.45) is 0 Å². The van der Waals surface area contributed by atoms with Gasteiger partial charge in [0.1, 0.15) is 12.6 Å². The number of fused-ring (bicyclic) bond motifs is 3. The van der Waals surface area contributed by atoms with Crippen LogP contribution in [0.2, 0.25) is 0 Å². The number of amides is 1. The van der Waals surface area contributed by atoms with Crippen LogP contribution < -0.4 is 5.32 Å². The lowest BCUT2D eigenvalue weighted by Gasteiger charge is -2.26. The van der Waals surface area contributed by atoms with Crippen molar-refractivity contribution in [3.05, 3.63) is 59.7 Å². The molecule has 1 fully saturated rings. The van der Waals surface area contributed by atoms with Gasteiger partial charge in [-0.2, -0.15) is 0 Å². The van der Waals surface area contributed by atoms with Gasteiger partial charge in [0.15, 0.2) is 12.6 Å². The molecule has 4 rings (SSSR count). The molecule has 1 saturated heterocycles. The minimum atomic E-state index is -1.79. The number of alkyl carbamates (subject to hydrolysis) is 1. The van der Waals surface area contributed by atoms with Gasteiger partial charge in [-0.05, 0) is 48.4 Å². The van der Waals surface area contributed by atoms with Gasteiger partial charge in [-0.15, -0.1) is 0 Å². The Bertz CT molecular complexity index is 899. The van der Waals surface area contributed by atoms with E-state index in [9.17, 15) is 15.0 Å². The average Bonchev–Trinajstić information content (AvgIpc) is 3.16. The lowest BCUT2D eigenvalue weighted by atomic mass is 9.98. The Hall–Kier alpha value is -2.49. The molecule has 0 spiro atoms. The Morgan fingerprint density at radius 3 is 2.35 bits per heavy atom. The van der Waals surface area contributed by atoms with Crippen LogP contribution in [0.25, 0.3) is 11.1 Å². The van der Waals surface area contributed by atoms with Gasteiger partial charge < -0.3 is 34.5 Å². The Labute approximate surface area is 199 Å². The van der Waals surface area contributed by atoms with E-state index in [1.807, 2.05) is 43.3 Å². The fraction of sp³-hybridized carbons (Fsp3) is 0.500. The van der Waals surface area contributed by atoms with Crippen LogP contribution in [0.1, 0.15) is 43.2 Å². The predicted octanol–water partition coefficient (Wildman–Crippen LogP) is 3.15. The number of nitrogens with one attached hydrogen (secondary N) is 1. The number of ether oxygens (including phenoxy) is 4. The fourth-order valence-electron chi connectivity index (χ4n) is 4.47. The van der Waals surface area contributed by atoms with Crippen molar-refractivity contribution in [2.75, 3.05) is 26.4 Å². The number of hydrogen-bond acceptors (Lipinski definition) is 7. The third kappa shape index (κ3) is 6.14. The van der Waals surface area contributed by atoms with Crippen molar-refractivity contribution < 1.29 is 34.0 Å². The molecule has 1 heterocycles. The van der Waals surface area contributed by atoms with Crippen LogP contribution in [0, 0.1) is 0 Å². The minimum Gasteiger partial charge on any atom is -0.449 e. The second-order valence-corrected chi connectivity index (χ2v) is 8.77. The first-order valence-corrected chi connectivity index (χ1v) is 11.9. The number of aliphatic hydroxyl groups is 2. The molecule has 1 aliphatic carbocycles. The number of benzene rings is 2. The molecule has 1 unspecified atom stereocenters. The number of carbonyl (C=O) groups excluding carboxylic acids is 1. The van der Waals surface area contributed by atoms with Gasteiger partial charge in [-0.1, -0.05) is 48.5 Å². The van der Waals surface area contributed by atoms with Crippen LogP contribution in [0.15, 0.2) is 48.5 Å². The predicted molar refractivity (Wildman–Crippen MR) is 125 cm³/mol. The zero-order valence-electron chi connectivity index (χ0n) is 19.4. The Morgan fingerprint density at radius 1 is 1.06 bits per heavy atom. The van der Waals surface area contributed by atoms with Crippen molar-refractivity contribution in [3.8, 4) is 11.1 Å².